The molecule has 0 aromatic heterocycles. The van der Waals surface area contributed by atoms with Gasteiger partial charge in [0.05, 0.1) is 5.25 Å². The van der Waals surface area contributed by atoms with E-state index in [0.29, 0.717) is 0 Å². The molecule has 1 saturated heterocycles. The van der Waals surface area contributed by atoms with Crippen molar-refractivity contribution in [1.82, 2.24) is 5.32 Å². The number of amides is 1. The predicted octanol–water partition coefficient (Wildman–Crippen LogP) is 2.19. The molecule has 2 nitrogen and oxygen atoms in total. The maximum Gasteiger partial charge on any atom is 0.233 e. The third-order valence-electron chi connectivity index (χ3n) is 2.52. The topological polar surface area (TPSA) is 29.1 Å². The molecule has 0 aromatic carbocycles. The first kappa shape index (κ1) is 12.4. The van der Waals surface area contributed by atoms with Crippen molar-refractivity contribution in [3.63, 3.8) is 0 Å². The van der Waals surface area contributed by atoms with Crippen LogP contribution in [0.5, 0.6) is 0 Å². The van der Waals surface area contributed by atoms with Gasteiger partial charge in [0.15, 0.2) is 0 Å². The summed E-state index contributed by atoms with van der Waals surface area (Å²) < 4.78 is 0. The van der Waals surface area contributed by atoms with Crippen LogP contribution in [-0.2, 0) is 4.79 Å². The number of carbonyl (C=O) groups excluding carboxylic acids is 1. The SMILES string of the molecule is C#CCCCCNC(=O)C1CCCCS1. The van der Waals surface area contributed by atoms with Gasteiger partial charge in [0.1, 0.15) is 0 Å². The van der Waals surface area contributed by atoms with Crippen molar-refractivity contribution < 1.29 is 4.79 Å². The Balaban J connectivity index is 2.05. The highest BCUT2D eigenvalue weighted by molar-refractivity contribution is 8.00. The first-order valence-electron chi connectivity index (χ1n) is 5.67. The quantitative estimate of drug-likeness (QED) is 0.574. The Morgan fingerprint density at radius 3 is 3.00 bits per heavy atom. The fraction of sp³-hybridized carbons (Fsp3) is 0.750. The molecule has 84 valence electrons. The lowest BCUT2D eigenvalue weighted by molar-refractivity contribution is -0.120. The molecule has 1 atom stereocenters. The Kier molecular flexibility index (Phi) is 6.34. The van der Waals surface area contributed by atoms with Gasteiger partial charge in [0.2, 0.25) is 5.91 Å². The minimum absolute atomic E-state index is 0.200. The van der Waals surface area contributed by atoms with E-state index in [4.69, 9.17) is 6.42 Å². The van der Waals surface area contributed by atoms with E-state index < -0.39 is 0 Å². The summed E-state index contributed by atoms with van der Waals surface area (Å²) >= 11 is 1.80. The molecule has 0 bridgehead atoms. The summed E-state index contributed by atoms with van der Waals surface area (Å²) in [6.07, 6.45) is 11.5. The van der Waals surface area contributed by atoms with E-state index in [1.807, 2.05) is 0 Å². The van der Waals surface area contributed by atoms with E-state index in [1.165, 1.54) is 12.8 Å². The van der Waals surface area contributed by atoms with Gasteiger partial charge in [-0.2, -0.15) is 0 Å². The minimum atomic E-state index is 0.200. The van der Waals surface area contributed by atoms with Crippen LogP contribution < -0.4 is 5.32 Å². The highest BCUT2D eigenvalue weighted by atomic mass is 32.2. The molecule has 1 aliphatic heterocycles. The molecule has 3 heteroatoms. The van der Waals surface area contributed by atoms with Gasteiger partial charge in [-0.15, -0.1) is 24.1 Å². The summed E-state index contributed by atoms with van der Waals surface area (Å²) in [7, 11) is 0. The van der Waals surface area contributed by atoms with Crippen molar-refractivity contribution in [3.05, 3.63) is 0 Å². The molecule has 0 saturated carbocycles. The first-order valence-corrected chi connectivity index (χ1v) is 6.72. The van der Waals surface area contributed by atoms with Gasteiger partial charge >= 0.3 is 0 Å². The minimum Gasteiger partial charge on any atom is -0.355 e. The van der Waals surface area contributed by atoms with Crippen molar-refractivity contribution in [2.24, 2.45) is 0 Å². The van der Waals surface area contributed by atoms with Gasteiger partial charge in [-0.3, -0.25) is 4.79 Å². The fourth-order valence-corrected chi connectivity index (χ4v) is 2.85. The van der Waals surface area contributed by atoms with Gasteiger partial charge in [-0.25, -0.2) is 0 Å². The van der Waals surface area contributed by atoms with Crippen molar-refractivity contribution >= 4 is 17.7 Å². The number of carbonyl (C=O) groups is 1. The maximum atomic E-state index is 11.7. The van der Waals surface area contributed by atoms with E-state index in [0.717, 1.165) is 38.0 Å². The van der Waals surface area contributed by atoms with Crippen LogP contribution in [0.15, 0.2) is 0 Å². The summed E-state index contributed by atoms with van der Waals surface area (Å²) in [4.78, 5) is 11.7. The molecule has 1 rings (SSSR count). The van der Waals surface area contributed by atoms with Gasteiger partial charge in [0, 0.05) is 13.0 Å². The van der Waals surface area contributed by atoms with Gasteiger partial charge in [-0.1, -0.05) is 6.42 Å². The maximum absolute atomic E-state index is 11.7. The Bertz CT molecular complexity index is 228. The van der Waals surface area contributed by atoms with Crippen LogP contribution >= 0.6 is 11.8 Å². The van der Waals surface area contributed by atoms with Crippen LogP contribution in [0.2, 0.25) is 0 Å². The van der Waals surface area contributed by atoms with Crippen LogP contribution in [0, 0.1) is 12.3 Å². The molecule has 1 N–H and O–H groups in total. The Labute approximate surface area is 96.6 Å². The Hall–Kier alpha value is -0.620. The largest absolute Gasteiger partial charge is 0.355 e. The molecule has 1 heterocycles. The lowest BCUT2D eigenvalue weighted by Crippen LogP contribution is -2.34. The highest BCUT2D eigenvalue weighted by Crippen LogP contribution is 2.24. The third-order valence-corrected chi connectivity index (χ3v) is 3.90. The van der Waals surface area contributed by atoms with Crippen molar-refractivity contribution in [2.45, 2.75) is 43.8 Å². The number of rotatable bonds is 5. The molecule has 15 heavy (non-hydrogen) atoms. The highest BCUT2D eigenvalue weighted by Gasteiger charge is 2.20. The second-order valence-electron chi connectivity index (χ2n) is 3.81. The van der Waals surface area contributed by atoms with E-state index >= 15 is 0 Å². The summed E-state index contributed by atoms with van der Waals surface area (Å²) in [5.74, 6) is 3.96. The molecule has 0 aliphatic carbocycles. The van der Waals surface area contributed by atoms with Crippen LogP contribution in [-0.4, -0.2) is 23.5 Å². The fourth-order valence-electron chi connectivity index (χ4n) is 1.62. The number of terminal acetylenes is 1. The predicted molar refractivity (Wildman–Crippen MR) is 65.8 cm³/mol. The summed E-state index contributed by atoms with van der Waals surface area (Å²) in [6, 6.07) is 0. The zero-order valence-electron chi connectivity index (χ0n) is 9.13. The summed E-state index contributed by atoms with van der Waals surface area (Å²) in [5.41, 5.74) is 0. The lowest BCUT2D eigenvalue weighted by atomic mass is 10.2. The number of unbranched alkanes of at least 4 members (excludes halogenated alkanes) is 2. The third kappa shape index (κ3) is 5.13. The monoisotopic (exact) mass is 225 g/mol. The van der Waals surface area contributed by atoms with Crippen LogP contribution in [0.1, 0.15) is 38.5 Å². The molecular weight excluding hydrogens is 206 g/mol. The first-order chi connectivity index (χ1) is 7.34. The molecule has 0 radical (unpaired) electrons. The smallest absolute Gasteiger partial charge is 0.233 e. The number of nitrogens with one attached hydrogen (secondary N) is 1. The molecule has 1 unspecified atom stereocenters. The summed E-state index contributed by atoms with van der Waals surface area (Å²) in [6.45, 7) is 0.775. The zero-order valence-corrected chi connectivity index (χ0v) is 9.94. The van der Waals surface area contributed by atoms with Crippen LogP contribution in [0.4, 0.5) is 0 Å². The lowest BCUT2D eigenvalue weighted by Gasteiger charge is -2.20. The van der Waals surface area contributed by atoms with Crippen molar-refractivity contribution in [3.8, 4) is 12.3 Å². The van der Waals surface area contributed by atoms with Gasteiger partial charge in [0.25, 0.3) is 0 Å². The molecule has 0 aromatic rings. The van der Waals surface area contributed by atoms with Crippen LogP contribution in [0.25, 0.3) is 0 Å². The molecule has 1 fully saturated rings. The Morgan fingerprint density at radius 1 is 1.47 bits per heavy atom. The Morgan fingerprint density at radius 2 is 2.33 bits per heavy atom. The van der Waals surface area contributed by atoms with Crippen LogP contribution in [0.3, 0.4) is 0 Å². The average molecular weight is 225 g/mol. The normalized spacial score (nSPS) is 20.6. The molecular formula is C12H19NOS. The van der Waals surface area contributed by atoms with Gasteiger partial charge in [-0.05, 0) is 31.4 Å². The van der Waals surface area contributed by atoms with Crippen molar-refractivity contribution in [2.75, 3.05) is 12.3 Å². The summed E-state index contributed by atoms with van der Waals surface area (Å²) in [5, 5.41) is 3.18. The second-order valence-corrected chi connectivity index (χ2v) is 5.12. The van der Waals surface area contributed by atoms with E-state index in [-0.39, 0.29) is 11.2 Å². The standard InChI is InChI=1S/C12H19NOS/c1-2-3-4-6-9-13-12(14)11-8-5-7-10-15-11/h1,11H,3-10H2,(H,13,14). The van der Waals surface area contributed by atoms with E-state index in [1.54, 1.807) is 11.8 Å². The van der Waals surface area contributed by atoms with E-state index in [9.17, 15) is 4.79 Å². The molecule has 1 amide bonds. The average Bonchev–Trinajstić information content (AvgIpc) is 2.30. The number of hydrogen-bond acceptors (Lipinski definition) is 2. The zero-order chi connectivity index (χ0) is 10.9. The molecule has 0 spiro atoms. The van der Waals surface area contributed by atoms with Crippen molar-refractivity contribution in [1.29, 1.82) is 0 Å². The number of hydrogen-bond donors (Lipinski definition) is 1. The van der Waals surface area contributed by atoms with Gasteiger partial charge < -0.3 is 5.32 Å². The number of thioether (sulfide) groups is 1. The molecule has 1 aliphatic rings. The second kappa shape index (κ2) is 7.64. The van der Waals surface area contributed by atoms with E-state index in [2.05, 4.69) is 11.2 Å².